The van der Waals surface area contributed by atoms with Crippen molar-refractivity contribution in [2.45, 2.75) is 32.5 Å². The first-order valence-electron chi connectivity index (χ1n) is 10.9. The Bertz CT molecular complexity index is 1350. The van der Waals surface area contributed by atoms with Crippen LogP contribution in [0.1, 0.15) is 46.7 Å². The number of carbonyl (C=O) groups excluding carboxylic acids is 1. The second-order valence-corrected chi connectivity index (χ2v) is 8.62. The van der Waals surface area contributed by atoms with Gasteiger partial charge in [0.2, 0.25) is 0 Å². The molecule has 0 aliphatic carbocycles. The minimum atomic E-state index is -4.66. The normalized spacial score (nSPS) is 16.9. The Hall–Kier alpha value is -3.89. The van der Waals surface area contributed by atoms with Crippen molar-refractivity contribution in [2.24, 2.45) is 5.92 Å². The standard InChI is InChI=1S/C24H23F3N4O4/c1-12(17-9-18-20(10-19(17)24(25,26)27)29-13(2)30-21(18)32)28-16-5-3-14(4-6-16)22(33)31-8-7-15(11-31)23(34)35/h3-6,9-10,12,15,28H,7-8,11H2,1-2H3,(H,34,35)(H,29,30,32)/t12-,15+/m0/s1. The number of alkyl halides is 3. The Morgan fingerprint density at radius 3 is 2.51 bits per heavy atom. The van der Waals surface area contributed by atoms with E-state index in [-0.39, 0.29) is 34.7 Å². The number of hydrogen-bond donors (Lipinski definition) is 3. The second kappa shape index (κ2) is 9.05. The summed E-state index contributed by atoms with van der Waals surface area (Å²) in [6, 6.07) is 7.47. The van der Waals surface area contributed by atoms with E-state index in [4.69, 9.17) is 5.11 Å². The summed E-state index contributed by atoms with van der Waals surface area (Å²) in [5.74, 6) is -1.61. The predicted octanol–water partition coefficient (Wildman–Crippen LogP) is 3.97. The molecule has 3 aromatic rings. The third kappa shape index (κ3) is 4.98. The number of aromatic amines is 1. The molecule has 11 heteroatoms. The van der Waals surface area contributed by atoms with Crippen molar-refractivity contribution in [2.75, 3.05) is 18.4 Å². The third-order valence-electron chi connectivity index (χ3n) is 6.11. The largest absolute Gasteiger partial charge is 0.481 e. The van der Waals surface area contributed by atoms with E-state index in [9.17, 15) is 27.6 Å². The lowest BCUT2D eigenvalue weighted by molar-refractivity contribution is -0.141. The minimum absolute atomic E-state index is 0.0376. The molecule has 4 rings (SSSR count). The Balaban J connectivity index is 1.57. The number of carbonyl (C=O) groups is 2. The number of benzene rings is 2. The lowest BCUT2D eigenvalue weighted by atomic mass is 9.98. The number of nitrogens with one attached hydrogen (secondary N) is 2. The van der Waals surface area contributed by atoms with Gasteiger partial charge in [-0.05, 0) is 62.2 Å². The zero-order chi connectivity index (χ0) is 25.5. The number of carboxylic acid groups (broad SMARTS) is 1. The molecule has 0 spiro atoms. The van der Waals surface area contributed by atoms with Gasteiger partial charge in [-0.2, -0.15) is 13.2 Å². The van der Waals surface area contributed by atoms with Gasteiger partial charge in [-0.25, -0.2) is 4.98 Å². The van der Waals surface area contributed by atoms with Gasteiger partial charge in [0.25, 0.3) is 11.5 Å². The Morgan fingerprint density at radius 2 is 1.91 bits per heavy atom. The number of H-pyrrole nitrogens is 1. The first-order chi connectivity index (χ1) is 16.4. The summed E-state index contributed by atoms with van der Waals surface area (Å²) in [5, 5.41) is 12.2. The van der Waals surface area contributed by atoms with Gasteiger partial charge >= 0.3 is 12.1 Å². The quantitative estimate of drug-likeness (QED) is 0.501. The van der Waals surface area contributed by atoms with E-state index in [0.717, 1.165) is 6.07 Å². The van der Waals surface area contributed by atoms with E-state index in [1.54, 1.807) is 19.1 Å². The number of nitrogens with zero attached hydrogens (tertiary/aromatic N) is 2. The number of likely N-dealkylation sites (tertiary alicyclic amines) is 1. The number of aliphatic carboxylic acids is 1. The highest BCUT2D eigenvalue weighted by molar-refractivity contribution is 5.95. The van der Waals surface area contributed by atoms with Crippen LogP contribution < -0.4 is 10.9 Å². The molecule has 0 radical (unpaired) electrons. The summed E-state index contributed by atoms with van der Waals surface area (Å²) in [6.07, 6.45) is -4.26. The maximum Gasteiger partial charge on any atom is 0.416 e. The van der Waals surface area contributed by atoms with Crippen LogP contribution in [0, 0.1) is 12.8 Å². The van der Waals surface area contributed by atoms with E-state index in [2.05, 4.69) is 15.3 Å². The molecule has 0 bridgehead atoms. The third-order valence-corrected chi connectivity index (χ3v) is 6.11. The van der Waals surface area contributed by atoms with Crippen LogP contribution in [0.2, 0.25) is 0 Å². The number of aromatic nitrogens is 2. The first kappa shape index (κ1) is 24.2. The molecular formula is C24H23F3N4O4. The fourth-order valence-corrected chi connectivity index (χ4v) is 4.29. The van der Waals surface area contributed by atoms with Gasteiger partial charge in [-0.15, -0.1) is 0 Å². The molecule has 184 valence electrons. The van der Waals surface area contributed by atoms with Crippen LogP contribution in [0.5, 0.6) is 0 Å². The monoisotopic (exact) mass is 488 g/mol. The highest BCUT2D eigenvalue weighted by atomic mass is 19.4. The van der Waals surface area contributed by atoms with Crippen molar-refractivity contribution in [1.82, 2.24) is 14.9 Å². The fraction of sp³-hybridized carbons (Fsp3) is 0.333. The zero-order valence-corrected chi connectivity index (χ0v) is 18.9. The van der Waals surface area contributed by atoms with E-state index in [0.29, 0.717) is 24.2 Å². The van der Waals surface area contributed by atoms with Gasteiger partial charge in [-0.1, -0.05) is 0 Å². The van der Waals surface area contributed by atoms with Crippen LogP contribution >= 0.6 is 0 Å². The van der Waals surface area contributed by atoms with Crippen LogP contribution in [-0.4, -0.2) is 44.9 Å². The van der Waals surface area contributed by atoms with Crippen LogP contribution in [0.25, 0.3) is 10.9 Å². The van der Waals surface area contributed by atoms with Gasteiger partial charge in [0.15, 0.2) is 0 Å². The van der Waals surface area contributed by atoms with Crippen LogP contribution in [0.15, 0.2) is 41.2 Å². The number of anilines is 1. The lowest BCUT2D eigenvalue weighted by Gasteiger charge is -2.21. The fourth-order valence-electron chi connectivity index (χ4n) is 4.29. The van der Waals surface area contributed by atoms with Gasteiger partial charge < -0.3 is 20.3 Å². The number of hydrogen-bond acceptors (Lipinski definition) is 5. The molecule has 35 heavy (non-hydrogen) atoms. The van der Waals surface area contributed by atoms with Crippen molar-refractivity contribution in [1.29, 1.82) is 0 Å². The predicted molar refractivity (Wildman–Crippen MR) is 122 cm³/mol. The maximum atomic E-state index is 13.8. The molecule has 1 aliphatic rings. The summed E-state index contributed by atoms with van der Waals surface area (Å²) >= 11 is 0. The molecule has 8 nitrogen and oxygen atoms in total. The topological polar surface area (TPSA) is 115 Å². The van der Waals surface area contributed by atoms with Gasteiger partial charge in [0.1, 0.15) is 5.82 Å². The highest BCUT2D eigenvalue weighted by Gasteiger charge is 2.35. The lowest BCUT2D eigenvalue weighted by Crippen LogP contribution is -2.29. The molecule has 0 saturated carbocycles. The summed E-state index contributed by atoms with van der Waals surface area (Å²) in [6.45, 7) is 3.53. The molecule has 1 saturated heterocycles. The van der Waals surface area contributed by atoms with Crippen LogP contribution in [0.3, 0.4) is 0 Å². The number of halogens is 3. The van der Waals surface area contributed by atoms with Crippen molar-refractivity contribution >= 4 is 28.5 Å². The summed E-state index contributed by atoms with van der Waals surface area (Å²) < 4.78 is 41.5. The van der Waals surface area contributed by atoms with Gasteiger partial charge in [-0.3, -0.25) is 14.4 Å². The Morgan fingerprint density at radius 1 is 1.23 bits per heavy atom. The smallest absolute Gasteiger partial charge is 0.416 e. The molecule has 2 aromatic carbocycles. The molecule has 1 aliphatic heterocycles. The SMILES string of the molecule is Cc1nc2cc(C(F)(F)F)c([C@H](C)Nc3ccc(C(=O)N4CC[C@@H](C(=O)O)C4)cc3)cc2c(=O)[nH]1. The van der Waals surface area contributed by atoms with E-state index in [1.807, 2.05) is 0 Å². The summed E-state index contributed by atoms with van der Waals surface area (Å²) in [4.78, 5) is 44.1. The maximum absolute atomic E-state index is 13.8. The average Bonchev–Trinajstić information content (AvgIpc) is 3.28. The molecular weight excluding hydrogens is 465 g/mol. The van der Waals surface area contributed by atoms with Crippen molar-refractivity contribution < 1.29 is 27.9 Å². The Kier molecular flexibility index (Phi) is 6.27. The first-order valence-corrected chi connectivity index (χ1v) is 10.9. The van der Waals surface area contributed by atoms with Crippen molar-refractivity contribution in [3.05, 3.63) is 69.3 Å². The average molecular weight is 488 g/mol. The van der Waals surface area contributed by atoms with Crippen molar-refractivity contribution in [3.63, 3.8) is 0 Å². The van der Waals surface area contributed by atoms with E-state index < -0.39 is 35.2 Å². The molecule has 1 aromatic heterocycles. The minimum Gasteiger partial charge on any atom is -0.481 e. The summed E-state index contributed by atoms with van der Waals surface area (Å²) in [5.41, 5.74) is -0.740. The van der Waals surface area contributed by atoms with Gasteiger partial charge in [0.05, 0.1) is 22.4 Å². The van der Waals surface area contributed by atoms with E-state index >= 15 is 0 Å². The molecule has 1 amide bonds. The molecule has 2 atom stereocenters. The molecule has 1 fully saturated rings. The Labute approximate surface area is 197 Å². The van der Waals surface area contributed by atoms with E-state index in [1.165, 1.54) is 30.0 Å². The highest BCUT2D eigenvalue weighted by Crippen LogP contribution is 2.37. The van der Waals surface area contributed by atoms with Crippen LogP contribution in [0.4, 0.5) is 18.9 Å². The molecule has 3 N–H and O–H groups in total. The van der Waals surface area contributed by atoms with Crippen molar-refractivity contribution in [3.8, 4) is 0 Å². The summed E-state index contributed by atoms with van der Waals surface area (Å²) in [7, 11) is 0. The number of amides is 1. The number of aryl methyl sites for hydroxylation is 1. The molecule has 2 heterocycles. The van der Waals surface area contributed by atoms with Crippen LogP contribution in [-0.2, 0) is 11.0 Å². The number of fused-ring (bicyclic) bond motifs is 1. The zero-order valence-electron chi connectivity index (χ0n) is 18.9. The van der Waals surface area contributed by atoms with Gasteiger partial charge in [0, 0.05) is 30.4 Å². The molecule has 0 unspecified atom stereocenters. The number of carboxylic acids is 1. The second-order valence-electron chi connectivity index (χ2n) is 8.62. The number of rotatable bonds is 5.